The van der Waals surface area contributed by atoms with Gasteiger partial charge in [-0.25, -0.2) is 4.99 Å². The average molecular weight is 296 g/mol. The number of nitrogens with two attached hydrogens (primary N) is 1. The third-order valence-corrected chi connectivity index (χ3v) is 3.07. The summed E-state index contributed by atoms with van der Waals surface area (Å²) in [6.07, 6.45) is 0. The Morgan fingerprint density at radius 2 is 2.05 bits per heavy atom. The van der Waals surface area contributed by atoms with Crippen LogP contribution in [0, 0.1) is 0 Å². The Morgan fingerprint density at radius 3 is 2.86 bits per heavy atom. The van der Waals surface area contributed by atoms with Crippen LogP contribution in [0.1, 0.15) is 6.92 Å². The van der Waals surface area contributed by atoms with Crippen molar-refractivity contribution in [2.24, 2.45) is 4.99 Å². The molecule has 22 heavy (non-hydrogen) atoms. The molecule has 0 spiro atoms. The van der Waals surface area contributed by atoms with E-state index in [9.17, 15) is 4.79 Å². The number of hydrogen-bond acceptors (Lipinski definition) is 5. The highest BCUT2D eigenvalue weighted by Gasteiger charge is 2.13. The molecule has 2 aromatic rings. The number of ether oxygens (including phenoxy) is 1. The van der Waals surface area contributed by atoms with E-state index in [1.54, 1.807) is 12.1 Å². The van der Waals surface area contributed by atoms with Gasteiger partial charge in [0.15, 0.2) is 0 Å². The third-order valence-electron chi connectivity index (χ3n) is 3.07. The summed E-state index contributed by atoms with van der Waals surface area (Å²) in [5.41, 5.74) is 8.64. The van der Waals surface area contributed by atoms with Crippen molar-refractivity contribution < 1.29 is 9.53 Å². The predicted octanol–water partition coefficient (Wildman–Crippen LogP) is 2.76. The quantitative estimate of drug-likeness (QED) is 0.743. The molecule has 1 aliphatic heterocycles. The van der Waals surface area contributed by atoms with Crippen molar-refractivity contribution >= 4 is 34.5 Å². The summed E-state index contributed by atoms with van der Waals surface area (Å²) >= 11 is 0. The van der Waals surface area contributed by atoms with E-state index < -0.39 is 0 Å². The van der Waals surface area contributed by atoms with Crippen LogP contribution in [0.5, 0.6) is 5.75 Å². The van der Waals surface area contributed by atoms with Crippen LogP contribution in [0.2, 0.25) is 0 Å². The van der Waals surface area contributed by atoms with Gasteiger partial charge in [0.2, 0.25) is 5.91 Å². The minimum Gasteiger partial charge on any atom is -0.483 e. The molecule has 0 fully saturated rings. The lowest BCUT2D eigenvalue weighted by Crippen LogP contribution is -2.23. The number of benzene rings is 2. The van der Waals surface area contributed by atoms with Crippen LogP contribution < -0.4 is 21.1 Å². The van der Waals surface area contributed by atoms with E-state index in [1.165, 1.54) is 6.92 Å². The number of anilines is 3. The van der Waals surface area contributed by atoms with Gasteiger partial charge in [-0.2, -0.15) is 0 Å². The van der Waals surface area contributed by atoms with E-state index >= 15 is 0 Å². The van der Waals surface area contributed by atoms with Gasteiger partial charge in [-0.05, 0) is 36.4 Å². The summed E-state index contributed by atoms with van der Waals surface area (Å²) in [5.74, 6) is 1.28. The molecule has 2 aromatic carbocycles. The monoisotopic (exact) mass is 296 g/mol. The Balaban J connectivity index is 1.80. The molecule has 0 radical (unpaired) electrons. The molecule has 0 saturated heterocycles. The zero-order valence-corrected chi connectivity index (χ0v) is 12.1. The number of aliphatic imine (C=N–C) groups is 1. The lowest BCUT2D eigenvalue weighted by Gasteiger charge is -2.18. The number of nitrogen functional groups attached to an aromatic ring is 1. The smallest absolute Gasteiger partial charge is 0.221 e. The molecule has 0 bridgehead atoms. The van der Waals surface area contributed by atoms with Gasteiger partial charge in [0.25, 0.3) is 0 Å². The number of carbonyl (C=O) groups is 1. The number of rotatable bonds is 2. The van der Waals surface area contributed by atoms with E-state index in [0.29, 0.717) is 29.6 Å². The average Bonchev–Trinajstić information content (AvgIpc) is 2.46. The fraction of sp³-hybridized carbons (Fsp3) is 0.125. The molecule has 0 saturated carbocycles. The Kier molecular flexibility index (Phi) is 3.65. The van der Waals surface area contributed by atoms with Crippen molar-refractivity contribution in [3.8, 4) is 5.75 Å². The van der Waals surface area contributed by atoms with Crippen LogP contribution >= 0.6 is 0 Å². The summed E-state index contributed by atoms with van der Waals surface area (Å²) in [7, 11) is 0. The van der Waals surface area contributed by atoms with Crippen LogP contribution in [0.4, 0.5) is 22.7 Å². The molecule has 112 valence electrons. The molecule has 6 heteroatoms. The summed E-state index contributed by atoms with van der Waals surface area (Å²) in [5, 5.41) is 5.93. The van der Waals surface area contributed by atoms with E-state index in [1.807, 2.05) is 30.3 Å². The zero-order valence-electron chi connectivity index (χ0n) is 12.1. The fourth-order valence-corrected chi connectivity index (χ4v) is 2.18. The lowest BCUT2D eigenvalue weighted by atomic mass is 10.2. The highest BCUT2D eigenvalue weighted by atomic mass is 16.5. The van der Waals surface area contributed by atoms with Crippen molar-refractivity contribution in [2.75, 3.05) is 23.0 Å². The van der Waals surface area contributed by atoms with E-state index in [0.717, 1.165) is 11.4 Å². The Morgan fingerprint density at radius 1 is 1.23 bits per heavy atom. The van der Waals surface area contributed by atoms with Gasteiger partial charge in [-0.15, -0.1) is 0 Å². The summed E-state index contributed by atoms with van der Waals surface area (Å²) in [4.78, 5) is 15.6. The topological polar surface area (TPSA) is 88.7 Å². The van der Waals surface area contributed by atoms with Crippen molar-refractivity contribution in [1.82, 2.24) is 0 Å². The molecule has 4 N–H and O–H groups in total. The van der Waals surface area contributed by atoms with Crippen LogP contribution in [0.15, 0.2) is 47.5 Å². The van der Waals surface area contributed by atoms with Crippen LogP contribution in [-0.2, 0) is 4.79 Å². The molecular formula is C16H16N4O2. The standard InChI is InChI=1S/C16H16N4O2/c1-10(21)18-12-3-2-4-13(8-12)19-16-9-22-15-6-5-11(17)7-14(15)20-16/h2-8H,9,17H2,1H3,(H,18,21)(H,19,20). The maximum atomic E-state index is 11.1. The van der Waals surface area contributed by atoms with Crippen molar-refractivity contribution in [1.29, 1.82) is 0 Å². The maximum Gasteiger partial charge on any atom is 0.221 e. The van der Waals surface area contributed by atoms with Gasteiger partial charge in [0, 0.05) is 24.0 Å². The van der Waals surface area contributed by atoms with Crippen LogP contribution in [0.25, 0.3) is 0 Å². The Hall–Kier alpha value is -3.02. The molecule has 1 heterocycles. The number of carbonyl (C=O) groups excluding carboxylic acids is 1. The molecule has 3 rings (SSSR count). The zero-order chi connectivity index (χ0) is 15.5. The summed E-state index contributed by atoms with van der Waals surface area (Å²) < 4.78 is 5.64. The van der Waals surface area contributed by atoms with Crippen LogP contribution in [0.3, 0.4) is 0 Å². The molecule has 1 aliphatic rings. The van der Waals surface area contributed by atoms with Gasteiger partial charge in [0.05, 0.1) is 0 Å². The minimum atomic E-state index is -0.111. The number of fused-ring (bicyclic) bond motifs is 1. The minimum absolute atomic E-state index is 0.111. The summed E-state index contributed by atoms with van der Waals surface area (Å²) in [6, 6.07) is 12.8. The van der Waals surface area contributed by atoms with Crippen molar-refractivity contribution in [3.05, 3.63) is 42.5 Å². The first-order valence-electron chi connectivity index (χ1n) is 6.85. The molecule has 0 unspecified atom stereocenters. The number of nitrogens with one attached hydrogen (secondary N) is 2. The first kappa shape index (κ1) is 13.9. The van der Waals surface area contributed by atoms with Crippen molar-refractivity contribution in [3.63, 3.8) is 0 Å². The Labute approximate surface area is 128 Å². The summed E-state index contributed by atoms with van der Waals surface area (Å²) in [6.45, 7) is 1.82. The SMILES string of the molecule is CC(=O)Nc1cccc(NC2=Nc3cc(N)ccc3OC2)c1. The first-order chi connectivity index (χ1) is 10.6. The number of amidine groups is 1. The normalized spacial score (nSPS) is 12.7. The maximum absolute atomic E-state index is 11.1. The van der Waals surface area contributed by atoms with Crippen molar-refractivity contribution in [2.45, 2.75) is 6.92 Å². The predicted molar refractivity (Wildman–Crippen MR) is 87.8 cm³/mol. The van der Waals surface area contributed by atoms with Gasteiger partial charge in [0.1, 0.15) is 23.9 Å². The number of nitrogens with zero attached hydrogens (tertiary/aromatic N) is 1. The largest absolute Gasteiger partial charge is 0.483 e. The Bertz CT molecular complexity index is 756. The molecular weight excluding hydrogens is 280 g/mol. The second-order valence-corrected chi connectivity index (χ2v) is 4.96. The molecule has 6 nitrogen and oxygen atoms in total. The van der Waals surface area contributed by atoms with Gasteiger partial charge < -0.3 is 21.1 Å². The third kappa shape index (κ3) is 3.17. The molecule has 0 aromatic heterocycles. The second kappa shape index (κ2) is 5.77. The van der Waals surface area contributed by atoms with Crippen LogP contribution in [-0.4, -0.2) is 18.3 Å². The second-order valence-electron chi connectivity index (χ2n) is 4.96. The molecule has 0 atom stereocenters. The van der Waals surface area contributed by atoms with Gasteiger partial charge >= 0.3 is 0 Å². The molecule has 0 aliphatic carbocycles. The highest BCUT2D eigenvalue weighted by molar-refractivity contribution is 6.00. The first-order valence-corrected chi connectivity index (χ1v) is 6.85. The van der Waals surface area contributed by atoms with E-state index in [4.69, 9.17) is 10.5 Å². The van der Waals surface area contributed by atoms with Gasteiger partial charge in [-0.1, -0.05) is 6.07 Å². The number of hydrogen-bond donors (Lipinski definition) is 3. The molecule has 1 amide bonds. The van der Waals surface area contributed by atoms with E-state index in [2.05, 4.69) is 15.6 Å². The van der Waals surface area contributed by atoms with Gasteiger partial charge in [-0.3, -0.25) is 4.79 Å². The lowest BCUT2D eigenvalue weighted by molar-refractivity contribution is -0.114. The van der Waals surface area contributed by atoms with E-state index in [-0.39, 0.29) is 5.91 Å². The highest BCUT2D eigenvalue weighted by Crippen LogP contribution is 2.32. The number of amides is 1. The fourth-order valence-electron chi connectivity index (χ4n) is 2.18.